The first kappa shape index (κ1) is 20.9. The number of anilines is 6. The Balaban J connectivity index is 1.67. The Labute approximate surface area is 202 Å². The molecule has 2 aliphatic heterocycles. The molecule has 5 heteroatoms. The van der Waals surface area contributed by atoms with Crippen LogP contribution in [0.3, 0.4) is 0 Å². The van der Waals surface area contributed by atoms with Gasteiger partial charge in [0.15, 0.2) is 0 Å². The van der Waals surface area contributed by atoms with Gasteiger partial charge in [-0.15, -0.1) is 0 Å². The van der Waals surface area contributed by atoms with Gasteiger partial charge in [-0.2, -0.15) is 0 Å². The van der Waals surface area contributed by atoms with Crippen LogP contribution in [-0.4, -0.2) is 12.1 Å². The molecule has 4 nitrogen and oxygen atoms in total. The third-order valence-corrected chi connectivity index (χ3v) is 6.97. The van der Waals surface area contributed by atoms with Gasteiger partial charge in [0.1, 0.15) is 5.82 Å². The summed E-state index contributed by atoms with van der Waals surface area (Å²) in [5.41, 5.74) is 8.92. The monoisotopic (exact) mass is 444 g/mol. The van der Waals surface area contributed by atoms with Crippen LogP contribution in [0.15, 0.2) is 91.1 Å². The quantitative estimate of drug-likeness (QED) is 0.300. The summed E-state index contributed by atoms with van der Waals surface area (Å²) < 4.78 is 0. The lowest BCUT2D eigenvalue weighted by Crippen LogP contribution is -2.52. The highest BCUT2D eigenvalue weighted by Gasteiger charge is 2.54. The molecule has 0 bridgehead atoms. The van der Waals surface area contributed by atoms with Gasteiger partial charge < -0.3 is 14.4 Å². The van der Waals surface area contributed by atoms with Crippen LogP contribution in [0.2, 0.25) is 0 Å². The molecule has 2 aliphatic rings. The SMILES string of the molecule is CC(C)c1cccc(C(C)C)c1N1B2N(c3ccccn3)c3ccccc3N2c2ccccc21. The zero-order chi connectivity index (χ0) is 23.4. The van der Waals surface area contributed by atoms with Crippen LogP contribution < -0.4 is 14.4 Å². The van der Waals surface area contributed by atoms with Crippen LogP contribution in [-0.2, 0) is 0 Å². The van der Waals surface area contributed by atoms with Crippen molar-refractivity contribution in [1.82, 2.24) is 4.98 Å². The highest BCUT2D eigenvalue weighted by molar-refractivity contribution is 6.80. The number of hydrogen-bond acceptors (Lipinski definition) is 4. The number of rotatable bonds is 4. The molecule has 0 N–H and O–H groups in total. The smallest absolute Gasteiger partial charge is 0.343 e. The van der Waals surface area contributed by atoms with Gasteiger partial charge in [0.2, 0.25) is 0 Å². The third-order valence-electron chi connectivity index (χ3n) is 6.97. The Bertz CT molecular complexity index is 1310. The van der Waals surface area contributed by atoms with Crippen molar-refractivity contribution in [1.29, 1.82) is 0 Å². The maximum absolute atomic E-state index is 4.80. The molecule has 3 heterocycles. The summed E-state index contributed by atoms with van der Waals surface area (Å²) in [6.07, 6.45) is 1.88. The van der Waals surface area contributed by atoms with E-state index in [9.17, 15) is 0 Å². The van der Waals surface area contributed by atoms with Gasteiger partial charge >= 0.3 is 7.12 Å². The van der Waals surface area contributed by atoms with Gasteiger partial charge in [-0.1, -0.05) is 76.2 Å². The molecule has 0 atom stereocenters. The first-order chi connectivity index (χ1) is 16.6. The molecule has 4 aromatic rings. The summed E-state index contributed by atoms with van der Waals surface area (Å²) in [7, 11) is -0.0675. The van der Waals surface area contributed by atoms with Crippen molar-refractivity contribution < 1.29 is 0 Å². The minimum Gasteiger partial charge on any atom is -0.343 e. The van der Waals surface area contributed by atoms with Gasteiger partial charge in [-0.25, -0.2) is 4.98 Å². The molecule has 0 saturated heterocycles. The minimum atomic E-state index is -0.0675. The van der Waals surface area contributed by atoms with Crippen molar-refractivity contribution in [3.05, 3.63) is 102 Å². The molecule has 0 aliphatic carbocycles. The summed E-state index contributed by atoms with van der Waals surface area (Å²) >= 11 is 0. The normalized spacial score (nSPS) is 14.2. The molecule has 0 unspecified atom stereocenters. The predicted octanol–water partition coefficient (Wildman–Crippen LogP) is 7.75. The van der Waals surface area contributed by atoms with E-state index in [-0.39, 0.29) is 7.12 Å². The second-order valence-corrected chi connectivity index (χ2v) is 9.72. The van der Waals surface area contributed by atoms with E-state index in [1.807, 2.05) is 12.3 Å². The summed E-state index contributed by atoms with van der Waals surface area (Å²) in [6, 6.07) is 30.5. The Kier molecular flexibility index (Phi) is 4.87. The summed E-state index contributed by atoms with van der Waals surface area (Å²) in [6.45, 7) is 9.18. The van der Waals surface area contributed by atoms with Crippen LogP contribution in [0, 0.1) is 0 Å². The van der Waals surface area contributed by atoms with E-state index >= 15 is 0 Å². The lowest BCUT2D eigenvalue weighted by Gasteiger charge is -2.34. The van der Waals surface area contributed by atoms with Gasteiger partial charge in [0, 0.05) is 11.9 Å². The third kappa shape index (κ3) is 2.96. The van der Waals surface area contributed by atoms with Crippen LogP contribution in [0.25, 0.3) is 0 Å². The summed E-state index contributed by atoms with van der Waals surface area (Å²) in [5, 5.41) is 0. The van der Waals surface area contributed by atoms with E-state index in [1.165, 1.54) is 39.6 Å². The Morgan fingerprint density at radius 2 is 1.06 bits per heavy atom. The van der Waals surface area contributed by atoms with E-state index in [0.717, 1.165) is 5.82 Å². The van der Waals surface area contributed by atoms with E-state index in [1.54, 1.807) is 0 Å². The maximum Gasteiger partial charge on any atom is 0.520 e. The molecule has 34 heavy (non-hydrogen) atoms. The van der Waals surface area contributed by atoms with Crippen molar-refractivity contribution in [3.63, 3.8) is 0 Å². The molecular weight excluding hydrogens is 415 g/mol. The number of pyridine rings is 1. The van der Waals surface area contributed by atoms with Crippen molar-refractivity contribution in [2.24, 2.45) is 0 Å². The first-order valence-electron chi connectivity index (χ1n) is 12.2. The van der Waals surface area contributed by atoms with Gasteiger partial charge in [-0.3, -0.25) is 0 Å². The molecule has 0 fully saturated rings. The van der Waals surface area contributed by atoms with Crippen molar-refractivity contribution in [2.45, 2.75) is 39.5 Å². The fourth-order valence-electron chi connectivity index (χ4n) is 5.48. The van der Waals surface area contributed by atoms with E-state index < -0.39 is 0 Å². The molecule has 168 valence electrons. The highest BCUT2D eigenvalue weighted by Crippen LogP contribution is 2.56. The molecule has 0 radical (unpaired) electrons. The van der Waals surface area contributed by atoms with Gasteiger partial charge in [0.05, 0.1) is 22.7 Å². The van der Waals surface area contributed by atoms with E-state index in [4.69, 9.17) is 4.98 Å². The average molecular weight is 444 g/mol. The number of hydrogen-bond donors (Lipinski definition) is 0. The number of nitrogens with zero attached hydrogens (tertiary/aromatic N) is 4. The Hall–Kier alpha value is -3.73. The second-order valence-electron chi connectivity index (χ2n) is 9.72. The molecule has 0 spiro atoms. The summed E-state index contributed by atoms with van der Waals surface area (Å²) in [4.78, 5) is 12.2. The largest absolute Gasteiger partial charge is 0.520 e. The van der Waals surface area contributed by atoms with E-state index in [2.05, 4.69) is 121 Å². The lowest BCUT2D eigenvalue weighted by atomic mass is 9.82. The number of fused-ring (bicyclic) bond motifs is 5. The van der Waals surface area contributed by atoms with Crippen molar-refractivity contribution in [3.8, 4) is 0 Å². The maximum atomic E-state index is 4.80. The van der Waals surface area contributed by atoms with Crippen molar-refractivity contribution >= 4 is 41.4 Å². The van der Waals surface area contributed by atoms with Crippen LogP contribution in [0.5, 0.6) is 0 Å². The average Bonchev–Trinajstić information content (AvgIpc) is 3.36. The fraction of sp³-hybridized carbons (Fsp3) is 0.207. The van der Waals surface area contributed by atoms with E-state index in [0.29, 0.717) is 11.8 Å². The number of para-hydroxylation sites is 5. The van der Waals surface area contributed by atoms with Crippen LogP contribution in [0.1, 0.15) is 50.7 Å². The molecule has 0 saturated carbocycles. The zero-order valence-electron chi connectivity index (χ0n) is 20.2. The molecular formula is C29H29BN4. The standard InChI is InChI=1S/C29H29BN4/c1-20(2)22-12-11-13-23(21(3)4)29(22)34-27-17-8-6-15-25(27)32-24-14-5-7-16-26(24)33(30(32)34)28-18-9-10-19-31-28/h5-21H,1-4H3. The Morgan fingerprint density at radius 1 is 0.559 bits per heavy atom. The lowest BCUT2D eigenvalue weighted by molar-refractivity contribution is 0.833. The van der Waals surface area contributed by atoms with Gasteiger partial charge in [-0.05, 0) is 59.4 Å². The van der Waals surface area contributed by atoms with Crippen LogP contribution >= 0.6 is 0 Å². The summed E-state index contributed by atoms with van der Waals surface area (Å²) in [5.74, 6) is 1.76. The van der Waals surface area contributed by atoms with Crippen molar-refractivity contribution in [2.75, 3.05) is 14.4 Å². The topological polar surface area (TPSA) is 22.6 Å². The fourth-order valence-corrected chi connectivity index (χ4v) is 5.48. The molecule has 1 aromatic heterocycles. The van der Waals surface area contributed by atoms with Gasteiger partial charge in [0.25, 0.3) is 0 Å². The van der Waals surface area contributed by atoms with Crippen LogP contribution in [0.4, 0.5) is 34.3 Å². The molecule has 3 aromatic carbocycles. The first-order valence-corrected chi connectivity index (χ1v) is 12.2. The zero-order valence-corrected chi connectivity index (χ0v) is 20.2. The number of aromatic nitrogens is 1. The molecule has 6 rings (SSSR count). The number of benzene rings is 3. The molecule has 0 amide bonds. The predicted molar refractivity (Wildman–Crippen MR) is 144 cm³/mol. The second kappa shape index (κ2) is 7.95. The Morgan fingerprint density at radius 3 is 1.56 bits per heavy atom. The minimum absolute atomic E-state index is 0.0675. The highest BCUT2D eigenvalue weighted by atomic mass is 15.5.